The van der Waals surface area contributed by atoms with E-state index in [0.717, 1.165) is 25.1 Å². The van der Waals surface area contributed by atoms with Crippen LogP contribution >= 0.6 is 0 Å². The summed E-state index contributed by atoms with van der Waals surface area (Å²) < 4.78 is 11.0. The molecule has 3 atom stereocenters. The second kappa shape index (κ2) is 4.29. The number of nitrogens with zero attached hydrogens (tertiary/aromatic N) is 1. The molecule has 1 N–H and O–H groups in total. The Bertz CT molecular complexity index is 220. The maximum Gasteiger partial charge on any atom is 0.0570 e. The molecule has 2 bridgehead atoms. The van der Waals surface area contributed by atoms with Gasteiger partial charge in [0, 0.05) is 41.4 Å². The molecule has 3 nitrogen and oxygen atoms in total. The molecule has 0 radical (unpaired) electrons. The van der Waals surface area contributed by atoms with Gasteiger partial charge in [-0.1, -0.05) is 0 Å². The van der Waals surface area contributed by atoms with E-state index >= 15 is 0 Å². The monoisotopic (exact) mass is 217 g/mol. The normalized spacial score (nSPS) is 40.0. The van der Waals surface area contributed by atoms with E-state index in [2.05, 4.69) is 4.90 Å². The molecule has 2 rings (SSSR count). The molecule has 2 aliphatic rings. The third kappa shape index (κ3) is 2.18. The minimum absolute atomic E-state index is 0.0872. The summed E-state index contributed by atoms with van der Waals surface area (Å²) in [6.45, 7) is 0.950. The Hall–Kier alpha value is 0.0700. The van der Waals surface area contributed by atoms with Crippen molar-refractivity contribution in [2.75, 3.05) is 18.6 Å². The minimum Gasteiger partial charge on any atom is -0.393 e. The third-order valence-electron chi connectivity index (χ3n) is 3.50. The van der Waals surface area contributed by atoms with Gasteiger partial charge in [0.2, 0.25) is 0 Å². The molecule has 82 valence electrons. The molecule has 0 amide bonds. The van der Waals surface area contributed by atoms with Gasteiger partial charge >= 0.3 is 0 Å². The molecule has 0 aromatic carbocycles. The number of aliphatic hydroxyl groups excluding tert-OH is 1. The topological polar surface area (TPSA) is 40.5 Å². The first-order valence-corrected chi connectivity index (χ1v) is 7.13. The Kier molecular flexibility index (Phi) is 3.24. The van der Waals surface area contributed by atoms with Crippen LogP contribution in [-0.2, 0) is 10.8 Å². The van der Waals surface area contributed by atoms with Gasteiger partial charge in [-0.05, 0) is 25.7 Å². The molecule has 2 saturated heterocycles. The van der Waals surface area contributed by atoms with Crippen LogP contribution in [0.15, 0.2) is 0 Å². The van der Waals surface area contributed by atoms with E-state index in [1.165, 1.54) is 12.8 Å². The summed E-state index contributed by atoms with van der Waals surface area (Å²) >= 11 is 0. The molecular weight excluding hydrogens is 198 g/mol. The second-order valence-electron chi connectivity index (χ2n) is 4.53. The highest BCUT2D eigenvalue weighted by atomic mass is 32.2. The van der Waals surface area contributed by atoms with E-state index < -0.39 is 10.8 Å². The van der Waals surface area contributed by atoms with Gasteiger partial charge in [-0.25, -0.2) is 0 Å². The SMILES string of the molecule is CS(=O)CCN1C2CCC1CC(O)C2. The van der Waals surface area contributed by atoms with Crippen molar-refractivity contribution in [3.05, 3.63) is 0 Å². The molecule has 0 aliphatic carbocycles. The number of hydrogen-bond acceptors (Lipinski definition) is 3. The van der Waals surface area contributed by atoms with E-state index in [4.69, 9.17) is 0 Å². The van der Waals surface area contributed by atoms with Crippen molar-refractivity contribution in [3.63, 3.8) is 0 Å². The summed E-state index contributed by atoms with van der Waals surface area (Å²) in [6.07, 6.45) is 5.96. The molecule has 3 unspecified atom stereocenters. The molecule has 2 aliphatic heterocycles. The molecule has 0 aromatic heterocycles. The predicted molar refractivity (Wildman–Crippen MR) is 57.7 cm³/mol. The number of hydrogen-bond donors (Lipinski definition) is 1. The molecular formula is C10H19NO2S. The van der Waals surface area contributed by atoms with Crippen LogP contribution in [0, 0.1) is 0 Å². The summed E-state index contributed by atoms with van der Waals surface area (Å²) in [5.41, 5.74) is 0. The van der Waals surface area contributed by atoms with E-state index in [1.807, 2.05) is 0 Å². The zero-order chi connectivity index (χ0) is 10.1. The van der Waals surface area contributed by atoms with Crippen molar-refractivity contribution in [2.24, 2.45) is 0 Å². The first kappa shape index (κ1) is 10.6. The van der Waals surface area contributed by atoms with Crippen molar-refractivity contribution in [1.29, 1.82) is 0 Å². The smallest absolute Gasteiger partial charge is 0.0570 e. The largest absolute Gasteiger partial charge is 0.393 e. The number of piperidine rings is 1. The van der Waals surface area contributed by atoms with Crippen LogP contribution in [0.3, 0.4) is 0 Å². The highest BCUT2D eigenvalue weighted by Crippen LogP contribution is 2.35. The van der Waals surface area contributed by atoms with Gasteiger partial charge in [0.05, 0.1) is 6.10 Å². The fraction of sp³-hybridized carbons (Fsp3) is 1.00. The van der Waals surface area contributed by atoms with Gasteiger partial charge in [-0.2, -0.15) is 0 Å². The van der Waals surface area contributed by atoms with E-state index in [0.29, 0.717) is 12.1 Å². The molecule has 0 aromatic rings. The van der Waals surface area contributed by atoms with Gasteiger partial charge in [0.15, 0.2) is 0 Å². The van der Waals surface area contributed by atoms with Crippen molar-refractivity contribution in [2.45, 2.75) is 43.9 Å². The summed E-state index contributed by atoms with van der Waals surface area (Å²) in [5.74, 6) is 0.781. The lowest BCUT2D eigenvalue weighted by Gasteiger charge is -2.36. The Balaban J connectivity index is 1.90. The van der Waals surface area contributed by atoms with E-state index in [-0.39, 0.29) is 6.10 Å². The number of fused-ring (bicyclic) bond motifs is 2. The fourth-order valence-corrected chi connectivity index (χ4v) is 3.31. The van der Waals surface area contributed by atoms with E-state index in [1.54, 1.807) is 6.26 Å². The number of aliphatic hydroxyl groups is 1. The lowest BCUT2D eigenvalue weighted by Crippen LogP contribution is -2.46. The van der Waals surface area contributed by atoms with Gasteiger partial charge in [0.25, 0.3) is 0 Å². The standard InChI is InChI=1S/C10H19NO2S/c1-14(13)5-4-11-8-2-3-9(11)7-10(12)6-8/h8-10,12H,2-7H2,1H3. The Morgan fingerprint density at radius 1 is 1.36 bits per heavy atom. The summed E-state index contributed by atoms with van der Waals surface area (Å²) in [6, 6.07) is 1.12. The zero-order valence-electron chi connectivity index (χ0n) is 8.69. The highest BCUT2D eigenvalue weighted by molar-refractivity contribution is 7.84. The number of rotatable bonds is 3. The third-order valence-corrected chi connectivity index (χ3v) is 4.25. The Morgan fingerprint density at radius 3 is 2.43 bits per heavy atom. The predicted octanol–water partition coefficient (Wildman–Crippen LogP) is 0.353. The summed E-state index contributed by atoms with van der Waals surface area (Å²) in [5, 5.41) is 9.60. The molecule has 4 heteroatoms. The fourth-order valence-electron chi connectivity index (χ4n) is 2.84. The van der Waals surface area contributed by atoms with Crippen LogP contribution in [0.2, 0.25) is 0 Å². The van der Waals surface area contributed by atoms with Crippen molar-refractivity contribution < 1.29 is 9.32 Å². The van der Waals surface area contributed by atoms with Crippen LogP contribution in [-0.4, -0.2) is 51.0 Å². The Morgan fingerprint density at radius 2 is 1.93 bits per heavy atom. The lowest BCUT2D eigenvalue weighted by molar-refractivity contribution is 0.0392. The maximum atomic E-state index is 11.0. The molecule has 0 spiro atoms. The summed E-state index contributed by atoms with van der Waals surface area (Å²) in [4.78, 5) is 2.47. The Labute approximate surface area is 87.9 Å². The van der Waals surface area contributed by atoms with Crippen LogP contribution in [0.25, 0.3) is 0 Å². The van der Waals surface area contributed by atoms with Gasteiger partial charge in [-0.15, -0.1) is 0 Å². The average Bonchev–Trinajstić information content (AvgIpc) is 2.34. The van der Waals surface area contributed by atoms with Crippen molar-refractivity contribution in [3.8, 4) is 0 Å². The van der Waals surface area contributed by atoms with Gasteiger partial charge < -0.3 is 5.11 Å². The van der Waals surface area contributed by atoms with E-state index in [9.17, 15) is 9.32 Å². The average molecular weight is 217 g/mol. The van der Waals surface area contributed by atoms with Crippen LogP contribution in [0.4, 0.5) is 0 Å². The molecule has 2 heterocycles. The molecule has 0 saturated carbocycles. The van der Waals surface area contributed by atoms with Crippen LogP contribution < -0.4 is 0 Å². The van der Waals surface area contributed by atoms with Gasteiger partial charge in [-0.3, -0.25) is 9.11 Å². The summed E-state index contributed by atoms with van der Waals surface area (Å²) in [7, 11) is -0.682. The first-order chi connectivity index (χ1) is 6.66. The second-order valence-corrected chi connectivity index (χ2v) is 6.08. The lowest BCUT2D eigenvalue weighted by atomic mass is 10.0. The molecule has 14 heavy (non-hydrogen) atoms. The quantitative estimate of drug-likeness (QED) is 0.742. The maximum absolute atomic E-state index is 11.0. The highest BCUT2D eigenvalue weighted by Gasteiger charge is 2.39. The zero-order valence-corrected chi connectivity index (χ0v) is 9.50. The minimum atomic E-state index is -0.682. The van der Waals surface area contributed by atoms with Crippen molar-refractivity contribution in [1.82, 2.24) is 4.90 Å². The van der Waals surface area contributed by atoms with Crippen LogP contribution in [0.5, 0.6) is 0 Å². The van der Waals surface area contributed by atoms with Crippen LogP contribution in [0.1, 0.15) is 25.7 Å². The molecule has 2 fully saturated rings. The van der Waals surface area contributed by atoms with Gasteiger partial charge in [0.1, 0.15) is 0 Å². The van der Waals surface area contributed by atoms with Crippen molar-refractivity contribution >= 4 is 10.8 Å². The first-order valence-electron chi connectivity index (χ1n) is 5.40.